The fourth-order valence-electron chi connectivity index (χ4n) is 3.42. The fourth-order valence-corrected chi connectivity index (χ4v) is 3.69. The van der Waals surface area contributed by atoms with Crippen LogP contribution in [0.3, 0.4) is 0 Å². The summed E-state index contributed by atoms with van der Waals surface area (Å²) < 4.78 is 6.75. The Labute approximate surface area is 194 Å². The van der Waals surface area contributed by atoms with Crippen LogP contribution in [0.25, 0.3) is 17.4 Å². The first-order chi connectivity index (χ1) is 15.4. The minimum absolute atomic E-state index is 0.174. The van der Waals surface area contributed by atoms with Crippen LogP contribution >= 0.6 is 15.9 Å². The molecular formula is C25H21BrN2O4. The lowest BCUT2D eigenvalue weighted by molar-refractivity contribution is -0.122. The largest absolute Gasteiger partial charge is 0.457 e. The van der Waals surface area contributed by atoms with Crippen molar-refractivity contribution in [3.63, 3.8) is 0 Å². The molecule has 1 N–H and O–H groups in total. The van der Waals surface area contributed by atoms with Gasteiger partial charge in [-0.25, -0.2) is 9.69 Å². The molecule has 1 saturated heterocycles. The molecule has 32 heavy (non-hydrogen) atoms. The second-order valence-electron chi connectivity index (χ2n) is 7.57. The maximum Gasteiger partial charge on any atom is 0.335 e. The van der Waals surface area contributed by atoms with Crippen molar-refractivity contribution in [2.75, 3.05) is 4.90 Å². The van der Waals surface area contributed by atoms with E-state index >= 15 is 0 Å². The van der Waals surface area contributed by atoms with Crippen LogP contribution in [0, 0.1) is 0 Å². The highest BCUT2D eigenvalue weighted by atomic mass is 79.9. The molecule has 162 valence electrons. The molecule has 0 spiro atoms. The summed E-state index contributed by atoms with van der Waals surface area (Å²) in [6, 6.07) is 17.4. The third-order valence-electron chi connectivity index (χ3n) is 5.48. The Bertz CT molecular complexity index is 1210. The Morgan fingerprint density at radius 2 is 1.69 bits per heavy atom. The average Bonchev–Trinajstić information content (AvgIpc) is 3.25. The standard InChI is InChI=1S/C25H21BrN2O4/c1-3-15(2)16-6-10-19(11-7-16)28-24(30)21(23(29)27-25(28)31)14-20-12-13-22(32-20)17-4-8-18(26)9-5-17/h4-15H,3H2,1-2H3,(H,27,29,31). The number of imide groups is 2. The van der Waals surface area contributed by atoms with Gasteiger partial charge in [0.25, 0.3) is 11.8 Å². The van der Waals surface area contributed by atoms with Crippen LogP contribution in [0.1, 0.15) is 37.5 Å². The number of nitrogens with zero attached hydrogens (tertiary/aromatic N) is 1. The predicted molar refractivity (Wildman–Crippen MR) is 126 cm³/mol. The number of benzene rings is 2. The van der Waals surface area contributed by atoms with Gasteiger partial charge in [0.05, 0.1) is 5.69 Å². The van der Waals surface area contributed by atoms with Gasteiger partial charge < -0.3 is 4.42 Å². The molecule has 1 unspecified atom stereocenters. The molecule has 1 aliphatic rings. The molecule has 0 aliphatic carbocycles. The van der Waals surface area contributed by atoms with Crippen LogP contribution < -0.4 is 10.2 Å². The number of anilines is 1. The highest BCUT2D eigenvalue weighted by molar-refractivity contribution is 9.10. The molecule has 0 saturated carbocycles. The van der Waals surface area contributed by atoms with Crippen molar-refractivity contribution < 1.29 is 18.8 Å². The number of rotatable bonds is 5. The van der Waals surface area contributed by atoms with E-state index in [1.165, 1.54) is 6.08 Å². The Balaban J connectivity index is 1.62. The molecule has 1 atom stereocenters. The molecule has 6 nitrogen and oxygen atoms in total. The molecular weight excluding hydrogens is 472 g/mol. The predicted octanol–water partition coefficient (Wildman–Crippen LogP) is 5.89. The van der Waals surface area contributed by atoms with E-state index in [0.717, 1.165) is 26.9 Å². The van der Waals surface area contributed by atoms with E-state index in [-0.39, 0.29) is 5.57 Å². The van der Waals surface area contributed by atoms with Gasteiger partial charge in [-0.2, -0.15) is 0 Å². The lowest BCUT2D eigenvalue weighted by Crippen LogP contribution is -2.54. The molecule has 4 rings (SSSR count). The van der Waals surface area contributed by atoms with Crippen LogP contribution in [0.4, 0.5) is 10.5 Å². The van der Waals surface area contributed by atoms with Gasteiger partial charge in [-0.15, -0.1) is 0 Å². The number of hydrogen-bond donors (Lipinski definition) is 1. The molecule has 0 radical (unpaired) electrons. The summed E-state index contributed by atoms with van der Waals surface area (Å²) in [5.74, 6) is -0.152. The first-order valence-electron chi connectivity index (χ1n) is 10.2. The SMILES string of the molecule is CCC(C)c1ccc(N2C(=O)NC(=O)C(=Cc3ccc(-c4ccc(Br)cc4)o3)C2=O)cc1. The molecule has 2 aromatic carbocycles. The zero-order chi connectivity index (χ0) is 22.8. The molecule has 0 bridgehead atoms. The first kappa shape index (κ1) is 21.8. The van der Waals surface area contributed by atoms with E-state index in [0.29, 0.717) is 23.1 Å². The number of carbonyl (C=O) groups is 3. The number of urea groups is 1. The minimum Gasteiger partial charge on any atom is -0.457 e. The lowest BCUT2D eigenvalue weighted by Gasteiger charge is -2.26. The van der Waals surface area contributed by atoms with Crippen molar-refractivity contribution in [2.45, 2.75) is 26.2 Å². The fraction of sp³-hybridized carbons (Fsp3) is 0.160. The van der Waals surface area contributed by atoms with Gasteiger partial charge in [0.2, 0.25) is 0 Å². The third-order valence-corrected chi connectivity index (χ3v) is 6.01. The summed E-state index contributed by atoms with van der Waals surface area (Å²) in [5.41, 5.74) is 2.19. The summed E-state index contributed by atoms with van der Waals surface area (Å²) in [6.45, 7) is 4.21. The molecule has 1 aromatic heterocycles. The summed E-state index contributed by atoms with van der Waals surface area (Å²) in [4.78, 5) is 38.9. The van der Waals surface area contributed by atoms with Crippen LogP contribution in [0.15, 0.2) is 75.1 Å². The van der Waals surface area contributed by atoms with Crippen molar-refractivity contribution in [1.82, 2.24) is 5.32 Å². The van der Waals surface area contributed by atoms with E-state index in [4.69, 9.17) is 4.42 Å². The second kappa shape index (κ2) is 8.96. The Morgan fingerprint density at radius 3 is 2.34 bits per heavy atom. The van der Waals surface area contributed by atoms with Crippen molar-refractivity contribution in [3.05, 3.63) is 82.0 Å². The molecule has 3 aromatic rings. The monoisotopic (exact) mass is 492 g/mol. The van der Waals surface area contributed by atoms with Gasteiger partial charge in [-0.3, -0.25) is 14.9 Å². The van der Waals surface area contributed by atoms with Crippen LogP contribution in [0.2, 0.25) is 0 Å². The van der Waals surface area contributed by atoms with E-state index in [1.807, 2.05) is 36.4 Å². The smallest absolute Gasteiger partial charge is 0.335 e. The Hall–Kier alpha value is -3.45. The van der Waals surface area contributed by atoms with Gasteiger partial charge in [0, 0.05) is 10.0 Å². The maximum absolute atomic E-state index is 13.1. The third kappa shape index (κ3) is 4.29. The number of nitrogens with one attached hydrogen (secondary N) is 1. The van der Waals surface area contributed by atoms with Gasteiger partial charge in [0.1, 0.15) is 17.1 Å². The summed E-state index contributed by atoms with van der Waals surface area (Å²) in [6.07, 6.45) is 2.34. The highest BCUT2D eigenvalue weighted by Crippen LogP contribution is 2.28. The first-order valence-corrected chi connectivity index (χ1v) is 11.0. The Morgan fingerprint density at radius 1 is 1.00 bits per heavy atom. The highest BCUT2D eigenvalue weighted by Gasteiger charge is 2.37. The van der Waals surface area contributed by atoms with Gasteiger partial charge in [-0.1, -0.05) is 54.0 Å². The number of amides is 4. The summed E-state index contributed by atoms with van der Waals surface area (Å²) in [5, 5.41) is 2.23. The van der Waals surface area contributed by atoms with Crippen LogP contribution in [0.5, 0.6) is 0 Å². The van der Waals surface area contributed by atoms with Crippen LogP contribution in [-0.4, -0.2) is 17.8 Å². The number of furan rings is 1. The number of hydrogen-bond acceptors (Lipinski definition) is 4. The van der Waals surface area contributed by atoms with Gasteiger partial charge in [-0.05, 0) is 60.4 Å². The minimum atomic E-state index is -0.775. The number of halogens is 1. The molecule has 1 aliphatic heterocycles. The zero-order valence-corrected chi connectivity index (χ0v) is 19.2. The van der Waals surface area contributed by atoms with E-state index in [1.54, 1.807) is 24.3 Å². The molecule has 4 amide bonds. The van der Waals surface area contributed by atoms with Gasteiger partial charge >= 0.3 is 6.03 Å². The number of barbiturate groups is 1. The van der Waals surface area contributed by atoms with E-state index in [2.05, 4.69) is 35.1 Å². The van der Waals surface area contributed by atoms with E-state index in [9.17, 15) is 14.4 Å². The average molecular weight is 493 g/mol. The maximum atomic E-state index is 13.1. The van der Waals surface area contributed by atoms with Crippen molar-refractivity contribution >= 4 is 45.5 Å². The molecule has 1 fully saturated rings. The number of carbonyl (C=O) groups excluding carboxylic acids is 3. The van der Waals surface area contributed by atoms with Gasteiger partial charge in [0.15, 0.2) is 0 Å². The molecule has 7 heteroatoms. The Kier molecular flexibility index (Phi) is 6.10. The molecule has 2 heterocycles. The lowest BCUT2D eigenvalue weighted by atomic mass is 9.98. The van der Waals surface area contributed by atoms with E-state index < -0.39 is 17.8 Å². The quantitative estimate of drug-likeness (QED) is 0.355. The second-order valence-corrected chi connectivity index (χ2v) is 8.48. The summed E-state index contributed by atoms with van der Waals surface area (Å²) in [7, 11) is 0. The van der Waals surface area contributed by atoms with Crippen molar-refractivity contribution in [1.29, 1.82) is 0 Å². The van der Waals surface area contributed by atoms with Crippen molar-refractivity contribution in [3.8, 4) is 11.3 Å². The van der Waals surface area contributed by atoms with Crippen LogP contribution in [-0.2, 0) is 9.59 Å². The topological polar surface area (TPSA) is 79.6 Å². The normalized spacial score (nSPS) is 16.4. The van der Waals surface area contributed by atoms with Crippen molar-refractivity contribution in [2.24, 2.45) is 0 Å². The zero-order valence-electron chi connectivity index (χ0n) is 17.6. The summed E-state index contributed by atoms with van der Waals surface area (Å²) >= 11 is 3.39.